The fraction of sp³-hybridized carbons (Fsp3) is 0.182. The summed E-state index contributed by atoms with van der Waals surface area (Å²) >= 11 is 0. The molecule has 3 aliphatic rings. The minimum absolute atomic E-state index is 0.378. The summed E-state index contributed by atoms with van der Waals surface area (Å²) in [5, 5.41) is 1.33. The summed E-state index contributed by atoms with van der Waals surface area (Å²) in [5.41, 5.74) is 12.5. The van der Waals surface area contributed by atoms with Gasteiger partial charge in [0.25, 0.3) is 0 Å². The lowest BCUT2D eigenvalue weighted by atomic mass is 9.85. The molecule has 49 heavy (non-hydrogen) atoms. The molecule has 0 bridgehead atoms. The van der Waals surface area contributed by atoms with E-state index in [1.807, 2.05) is 18.2 Å². The smallest absolute Gasteiger partial charge is 0.164 e. The Morgan fingerprint density at radius 1 is 0.714 bits per heavy atom. The third kappa shape index (κ3) is 5.17. The number of benzene rings is 3. The van der Waals surface area contributed by atoms with Gasteiger partial charge in [0, 0.05) is 39.0 Å². The number of allylic oxidation sites excluding steroid dienone is 6. The molecule has 3 aliphatic carbocycles. The number of rotatable bonds is 5. The maximum Gasteiger partial charge on any atom is 0.164 e. The molecule has 2 unspecified atom stereocenters. The number of hydrogen-bond acceptors (Lipinski definition) is 4. The first-order chi connectivity index (χ1) is 24.1. The average molecular weight is 636 g/mol. The monoisotopic (exact) mass is 635 g/mol. The van der Waals surface area contributed by atoms with Gasteiger partial charge in [0.05, 0.1) is 16.9 Å². The summed E-state index contributed by atoms with van der Waals surface area (Å²) in [5.74, 6) is 2.92. The van der Waals surface area contributed by atoms with Crippen LogP contribution in [0.2, 0.25) is 0 Å². The second kappa shape index (κ2) is 12.1. The van der Waals surface area contributed by atoms with Gasteiger partial charge in [-0.25, -0.2) is 19.9 Å². The second-order valence-electron chi connectivity index (χ2n) is 13.5. The molecule has 6 aromatic rings. The van der Waals surface area contributed by atoms with Crippen LogP contribution in [0, 0.1) is 5.92 Å². The second-order valence-corrected chi connectivity index (χ2v) is 13.5. The minimum atomic E-state index is 0.378. The van der Waals surface area contributed by atoms with Crippen molar-refractivity contribution < 1.29 is 0 Å². The van der Waals surface area contributed by atoms with E-state index in [2.05, 4.69) is 128 Å². The van der Waals surface area contributed by atoms with Crippen molar-refractivity contribution in [1.29, 1.82) is 0 Å². The molecular weight excluding hydrogens is 599 g/mol. The molecule has 3 aromatic carbocycles. The van der Waals surface area contributed by atoms with Gasteiger partial charge in [-0.05, 0) is 72.9 Å². The zero-order valence-electron chi connectivity index (χ0n) is 27.8. The maximum atomic E-state index is 5.50. The molecule has 3 aromatic heterocycles. The van der Waals surface area contributed by atoms with Crippen molar-refractivity contribution in [3.63, 3.8) is 0 Å². The van der Waals surface area contributed by atoms with Gasteiger partial charge in [-0.3, -0.25) is 0 Å². The Morgan fingerprint density at radius 3 is 2.24 bits per heavy atom. The minimum Gasteiger partial charge on any atom is -0.311 e. The van der Waals surface area contributed by atoms with Crippen LogP contribution in [0.4, 0.5) is 0 Å². The quantitative estimate of drug-likeness (QED) is 0.189. The van der Waals surface area contributed by atoms with Gasteiger partial charge >= 0.3 is 0 Å². The summed E-state index contributed by atoms with van der Waals surface area (Å²) in [4.78, 5) is 20.6. The Balaban J connectivity index is 1.30. The van der Waals surface area contributed by atoms with Crippen molar-refractivity contribution in [2.45, 2.75) is 45.4 Å². The zero-order chi connectivity index (χ0) is 32.9. The predicted octanol–water partition coefficient (Wildman–Crippen LogP) is 10.7. The van der Waals surface area contributed by atoms with Crippen LogP contribution in [-0.4, -0.2) is 24.5 Å². The van der Waals surface area contributed by atoms with E-state index in [1.165, 1.54) is 33.4 Å². The molecule has 2 atom stereocenters. The number of nitrogens with zero attached hydrogens (tertiary/aromatic N) is 5. The molecule has 0 N–H and O–H groups in total. The van der Waals surface area contributed by atoms with Crippen LogP contribution < -0.4 is 0 Å². The topological polar surface area (TPSA) is 56.5 Å². The van der Waals surface area contributed by atoms with E-state index in [0.29, 0.717) is 23.5 Å². The standard InChI is InChI=1S/C44H37N5/c1-28-24-25-35-37(26-28)49(34-21-10-5-11-22-34)41-39(35)38-29(2)14-12-23-36(38)45-40(41)32-19-13-20-33(27-32)44-47-42(30-15-6-3-7-16-30)46-43(48-44)31-17-8-4-9-18-31/h3-8,10-13,15-17,19-25,27-29H,9,14,18,26H2,1-2H3. The van der Waals surface area contributed by atoms with Crippen LogP contribution in [0.5, 0.6) is 0 Å². The van der Waals surface area contributed by atoms with Gasteiger partial charge < -0.3 is 4.57 Å². The van der Waals surface area contributed by atoms with Crippen molar-refractivity contribution in [2.75, 3.05) is 0 Å². The Kier molecular flexibility index (Phi) is 7.27. The average Bonchev–Trinajstić information content (AvgIpc) is 3.49. The van der Waals surface area contributed by atoms with E-state index in [-0.39, 0.29) is 0 Å². The van der Waals surface area contributed by atoms with E-state index in [9.17, 15) is 0 Å². The van der Waals surface area contributed by atoms with Gasteiger partial charge in [0.2, 0.25) is 0 Å². The van der Waals surface area contributed by atoms with E-state index < -0.39 is 0 Å². The highest BCUT2D eigenvalue weighted by Crippen LogP contribution is 2.46. The highest BCUT2D eigenvalue weighted by Gasteiger charge is 2.30. The molecule has 0 spiro atoms. The zero-order valence-corrected chi connectivity index (χ0v) is 27.8. The highest BCUT2D eigenvalue weighted by atomic mass is 15.0. The van der Waals surface area contributed by atoms with Crippen molar-refractivity contribution in [3.8, 4) is 39.7 Å². The molecule has 9 rings (SSSR count). The molecule has 238 valence electrons. The van der Waals surface area contributed by atoms with Gasteiger partial charge in [-0.2, -0.15) is 0 Å². The van der Waals surface area contributed by atoms with E-state index in [4.69, 9.17) is 19.9 Å². The van der Waals surface area contributed by atoms with Crippen molar-refractivity contribution in [1.82, 2.24) is 24.5 Å². The van der Waals surface area contributed by atoms with Gasteiger partial charge in [-0.15, -0.1) is 0 Å². The van der Waals surface area contributed by atoms with Crippen LogP contribution in [0.15, 0.2) is 115 Å². The van der Waals surface area contributed by atoms with Gasteiger partial charge in [-0.1, -0.05) is 117 Å². The van der Waals surface area contributed by atoms with Crippen molar-refractivity contribution in [3.05, 3.63) is 144 Å². The molecule has 0 radical (unpaired) electrons. The third-order valence-electron chi connectivity index (χ3n) is 10.1. The Morgan fingerprint density at radius 2 is 1.45 bits per heavy atom. The summed E-state index contributed by atoms with van der Waals surface area (Å²) in [6.45, 7) is 4.65. The van der Waals surface area contributed by atoms with Crippen LogP contribution in [0.25, 0.3) is 68.3 Å². The Labute approximate surface area is 287 Å². The van der Waals surface area contributed by atoms with Crippen LogP contribution in [0.1, 0.15) is 67.4 Å². The third-order valence-corrected chi connectivity index (χ3v) is 10.1. The first-order valence-corrected chi connectivity index (χ1v) is 17.4. The molecular formula is C44H37N5. The lowest BCUT2D eigenvalue weighted by Crippen LogP contribution is -2.08. The van der Waals surface area contributed by atoms with E-state index in [0.717, 1.165) is 65.2 Å². The number of hydrogen-bond donors (Lipinski definition) is 0. The lowest BCUT2D eigenvalue weighted by molar-refractivity contribution is 0.690. The fourth-order valence-electron chi connectivity index (χ4n) is 7.66. The predicted molar refractivity (Wildman–Crippen MR) is 201 cm³/mol. The number of pyridine rings is 1. The molecule has 3 heterocycles. The van der Waals surface area contributed by atoms with Crippen LogP contribution in [-0.2, 0) is 6.42 Å². The van der Waals surface area contributed by atoms with Crippen molar-refractivity contribution >= 4 is 28.6 Å². The molecule has 5 nitrogen and oxygen atoms in total. The van der Waals surface area contributed by atoms with Crippen LogP contribution >= 0.6 is 0 Å². The number of fused-ring (bicyclic) bond motifs is 5. The molecule has 5 heteroatoms. The first-order valence-electron chi connectivity index (χ1n) is 17.4. The fourth-order valence-corrected chi connectivity index (χ4v) is 7.66. The number of aromatic nitrogens is 5. The first kappa shape index (κ1) is 29.5. The summed E-state index contributed by atoms with van der Waals surface area (Å²) in [7, 11) is 0. The van der Waals surface area contributed by atoms with E-state index >= 15 is 0 Å². The SMILES string of the molecule is CC1C=Cc2c(n(-c3ccccc3)c3c(-c4cccc(-c5nc(C6=CC=CCC6)nc(-c6ccccc6)n5)c4)nc4c(c23)C(C)CC=C4)C1. The molecule has 0 saturated heterocycles. The van der Waals surface area contributed by atoms with Crippen molar-refractivity contribution in [2.24, 2.45) is 5.92 Å². The normalized spacial score (nSPS) is 18.0. The molecule has 0 fully saturated rings. The van der Waals surface area contributed by atoms with Gasteiger partial charge in [0.15, 0.2) is 17.5 Å². The highest BCUT2D eigenvalue weighted by molar-refractivity contribution is 6.04. The lowest BCUT2D eigenvalue weighted by Gasteiger charge is -2.21. The van der Waals surface area contributed by atoms with Crippen LogP contribution in [0.3, 0.4) is 0 Å². The summed E-state index contributed by atoms with van der Waals surface area (Å²) < 4.78 is 2.49. The van der Waals surface area contributed by atoms with E-state index in [1.54, 1.807) is 0 Å². The summed E-state index contributed by atoms with van der Waals surface area (Å²) in [6, 6.07) is 29.6. The Hall–Kier alpha value is -5.68. The summed E-state index contributed by atoms with van der Waals surface area (Å²) in [6.07, 6.45) is 19.5. The largest absolute Gasteiger partial charge is 0.311 e. The van der Waals surface area contributed by atoms with Gasteiger partial charge in [0.1, 0.15) is 0 Å². The molecule has 0 amide bonds. The Bertz CT molecular complexity index is 2360. The molecule has 0 aliphatic heterocycles. The maximum absolute atomic E-state index is 5.50. The number of para-hydroxylation sites is 1. The molecule has 0 saturated carbocycles.